The van der Waals surface area contributed by atoms with Gasteiger partial charge in [-0.15, -0.1) is 0 Å². The first-order chi connectivity index (χ1) is 8.10. The number of aryl methyl sites for hydroxylation is 1. The average molecular weight is 242 g/mol. The molecule has 0 fully saturated rings. The topological polar surface area (TPSA) is 56.7 Å². The smallest absolute Gasteiger partial charge is 0.138 e. The standard InChI is InChI=1S/C12H23FN4/c1-4-5-17-12(15-8-16-17)6-11(13)10(7-14)9(2)3/h8-11H,4-7,14H2,1-3H3. The number of nitrogens with zero attached hydrogens (tertiary/aromatic N) is 3. The Morgan fingerprint density at radius 1 is 1.47 bits per heavy atom. The lowest BCUT2D eigenvalue weighted by atomic mass is 9.89. The number of hydrogen-bond donors (Lipinski definition) is 1. The first-order valence-corrected chi connectivity index (χ1v) is 6.30. The third kappa shape index (κ3) is 3.77. The molecule has 1 aromatic rings. The summed E-state index contributed by atoms with van der Waals surface area (Å²) in [4.78, 5) is 4.12. The highest BCUT2D eigenvalue weighted by Crippen LogP contribution is 2.20. The van der Waals surface area contributed by atoms with E-state index in [2.05, 4.69) is 17.0 Å². The number of aromatic nitrogens is 3. The van der Waals surface area contributed by atoms with E-state index in [-0.39, 0.29) is 11.8 Å². The van der Waals surface area contributed by atoms with Crippen LogP contribution in [-0.4, -0.2) is 27.5 Å². The molecule has 2 N–H and O–H groups in total. The zero-order valence-electron chi connectivity index (χ0n) is 10.9. The van der Waals surface area contributed by atoms with E-state index in [0.717, 1.165) is 18.8 Å². The lowest BCUT2D eigenvalue weighted by molar-refractivity contribution is 0.181. The summed E-state index contributed by atoms with van der Waals surface area (Å²) in [5, 5.41) is 4.10. The Bertz CT molecular complexity index is 324. The minimum atomic E-state index is -0.945. The molecule has 1 aromatic heterocycles. The quantitative estimate of drug-likeness (QED) is 0.793. The summed E-state index contributed by atoms with van der Waals surface area (Å²) in [6.45, 7) is 7.23. The minimum absolute atomic E-state index is 0.109. The maximum absolute atomic E-state index is 14.1. The van der Waals surface area contributed by atoms with Crippen molar-refractivity contribution in [3.8, 4) is 0 Å². The minimum Gasteiger partial charge on any atom is -0.330 e. The molecule has 0 aliphatic rings. The van der Waals surface area contributed by atoms with Crippen LogP contribution in [0, 0.1) is 11.8 Å². The van der Waals surface area contributed by atoms with E-state index in [0.29, 0.717) is 13.0 Å². The molecule has 0 spiro atoms. The van der Waals surface area contributed by atoms with E-state index < -0.39 is 6.17 Å². The molecule has 1 heterocycles. The van der Waals surface area contributed by atoms with Crippen LogP contribution in [0.3, 0.4) is 0 Å². The highest BCUT2D eigenvalue weighted by Gasteiger charge is 2.24. The Morgan fingerprint density at radius 3 is 2.71 bits per heavy atom. The maximum Gasteiger partial charge on any atom is 0.138 e. The molecule has 17 heavy (non-hydrogen) atoms. The molecule has 2 atom stereocenters. The van der Waals surface area contributed by atoms with Crippen molar-refractivity contribution < 1.29 is 4.39 Å². The number of halogens is 1. The van der Waals surface area contributed by atoms with Crippen LogP contribution in [-0.2, 0) is 13.0 Å². The predicted molar refractivity (Wildman–Crippen MR) is 66.3 cm³/mol. The van der Waals surface area contributed by atoms with Gasteiger partial charge in [-0.25, -0.2) is 9.37 Å². The molecule has 2 unspecified atom stereocenters. The van der Waals surface area contributed by atoms with Crippen molar-refractivity contribution in [3.05, 3.63) is 12.2 Å². The second-order valence-electron chi connectivity index (χ2n) is 4.76. The molecule has 0 aliphatic heterocycles. The van der Waals surface area contributed by atoms with Gasteiger partial charge < -0.3 is 5.73 Å². The van der Waals surface area contributed by atoms with Crippen LogP contribution in [0.4, 0.5) is 4.39 Å². The van der Waals surface area contributed by atoms with Crippen molar-refractivity contribution in [2.24, 2.45) is 17.6 Å². The van der Waals surface area contributed by atoms with E-state index in [1.54, 1.807) is 4.68 Å². The molecule has 0 aliphatic carbocycles. The summed E-state index contributed by atoms with van der Waals surface area (Å²) in [5.41, 5.74) is 5.62. The second-order valence-corrected chi connectivity index (χ2v) is 4.76. The largest absolute Gasteiger partial charge is 0.330 e. The van der Waals surface area contributed by atoms with Gasteiger partial charge in [0, 0.05) is 18.9 Å². The average Bonchev–Trinajstić information content (AvgIpc) is 2.66. The lowest BCUT2D eigenvalue weighted by Crippen LogP contribution is -2.31. The fourth-order valence-electron chi connectivity index (χ4n) is 2.01. The SMILES string of the molecule is CCCn1ncnc1CC(F)C(CN)C(C)C. The third-order valence-corrected chi connectivity index (χ3v) is 3.10. The summed E-state index contributed by atoms with van der Waals surface area (Å²) in [6.07, 6.45) is 1.82. The van der Waals surface area contributed by atoms with Gasteiger partial charge in [0.15, 0.2) is 0 Å². The van der Waals surface area contributed by atoms with Crippen LogP contribution in [0.25, 0.3) is 0 Å². The van der Waals surface area contributed by atoms with Crippen molar-refractivity contribution in [2.45, 2.75) is 46.3 Å². The Hall–Kier alpha value is -0.970. The molecule has 98 valence electrons. The van der Waals surface area contributed by atoms with Gasteiger partial charge in [-0.2, -0.15) is 5.10 Å². The lowest BCUT2D eigenvalue weighted by Gasteiger charge is -2.22. The van der Waals surface area contributed by atoms with Gasteiger partial charge >= 0.3 is 0 Å². The first-order valence-electron chi connectivity index (χ1n) is 6.30. The van der Waals surface area contributed by atoms with Crippen LogP contribution in [0.1, 0.15) is 33.0 Å². The molecule has 4 nitrogen and oxygen atoms in total. The first kappa shape index (κ1) is 14.1. The number of hydrogen-bond acceptors (Lipinski definition) is 3. The monoisotopic (exact) mass is 242 g/mol. The summed E-state index contributed by atoms with van der Waals surface area (Å²) in [6, 6.07) is 0. The molecule has 0 saturated carbocycles. The van der Waals surface area contributed by atoms with Crippen LogP contribution in [0.2, 0.25) is 0 Å². The molecule has 0 amide bonds. The fraction of sp³-hybridized carbons (Fsp3) is 0.833. The molecule has 0 saturated heterocycles. The maximum atomic E-state index is 14.1. The molecule has 0 bridgehead atoms. The van der Waals surface area contributed by atoms with Gasteiger partial charge in [-0.3, -0.25) is 4.68 Å². The summed E-state index contributed by atoms with van der Waals surface area (Å²) < 4.78 is 15.9. The van der Waals surface area contributed by atoms with Crippen molar-refractivity contribution >= 4 is 0 Å². The van der Waals surface area contributed by atoms with Gasteiger partial charge in [-0.1, -0.05) is 20.8 Å². The van der Waals surface area contributed by atoms with Crippen LogP contribution < -0.4 is 5.73 Å². The summed E-state index contributed by atoms with van der Waals surface area (Å²) in [5.74, 6) is 0.859. The molecule has 0 radical (unpaired) electrons. The number of nitrogens with two attached hydrogens (primary N) is 1. The number of alkyl halides is 1. The normalized spacial score (nSPS) is 15.2. The van der Waals surface area contributed by atoms with Crippen LogP contribution in [0.15, 0.2) is 6.33 Å². The zero-order valence-corrected chi connectivity index (χ0v) is 10.9. The van der Waals surface area contributed by atoms with Crippen molar-refractivity contribution in [2.75, 3.05) is 6.54 Å². The van der Waals surface area contributed by atoms with E-state index in [4.69, 9.17) is 5.73 Å². The molecular weight excluding hydrogens is 219 g/mol. The van der Waals surface area contributed by atoms with E-state index in [9.17, 15) is 4.39 Å². The van der Waals surface area contributed by atoms with Gasteiger partial charge in [-0.05, 0) is 18.9 Å². The molecule has 0 aromatic carbocycles. The van der Waals surface area contributed by atoms with Gasteiger partial charge in [0.1, 0.15) is 18.3 Å². The van der Waals surface area contributed by atoms with Crippen molar-refractivity contribution in [3.63, 3.8) is 0 Å². The van der Waals surface area contributed by atoms with Gasteiger partial charge in [0.2, 0.25) is 0 Å². The Kier molecular flexibility index (Phi) is 5.55. The van der Waals surface area contributed by atoms with E-state index in [1.807, 2.05) is 13.8 Å². The molecule has 1 rings (SSSR count). The van der Waals surface area contributed by atoms with Gasteiger partial charge in [0.25, 0.3) is 0 Å². The Balaban J connectivity index is 2.66. The van der Waals surface area contributed by atoms with Gasteiger partial charge in [0.05, 0.1) is 0 Å². The molecular formula is C12H23FN4. The van der Waals surface area contributed by atoms with E-state index >= 15 is 0 Å². The van der Waals surface area contributed by atoms with E-state index in [1.165, 1.54) is 6.33 Å². The second kappa shape index (κ2) is 6.69. The van der Waals surface area contributed by atoms with Crippen molar-refractivity contribution in [1.29, 1.82) is 0 Å². The highest BCUT2D eigenvalue weighted by molar-refractivity contribution is 4.90. The predicted octanol–water partition coefficient (Wildman–Crippen LogP) is 1.80. The number of rotatable bonds is 7. The molecule has 5 heteroatoms. The van der Waals surface area contributed by atoms with Crippen LogP contribution >= 0.6 is 0 Å². The Morgan fingerprint density at radius 2 is 2.18 bits per heavy atom. The summed E-state index contributed by atoms with van der Waals surface area (Å²) in [7, 11) is 0. The third-order valence-electron chi connectivity index (χ3n) is 3.10. The van der Waals surface area contributed by atoms with Crippen LogP contribution in [0.5, 0.6) is 0 Å². The Labute approximate surface area is 102 Å². The summed E-state index contributed by atoms with van der Waals surface area (Å²) >= 11 is 0. The zero-order chi connectivity index (χ0) is 12.8. The highest BCUT2D eigenvalue weighted by atomic mass is 19.1. The van der Waals surface area contributed by atoms with Crippen molar-refractivity contribution in [1.82, 2.24) is 14.8 Å². The fourth-order valence-corrected chi connectivity index (χ4v) is 2.01.